The van der Waals surface area contributed by atoms with Gasteiger partial charge in [-0.05, 0) is 13.3 Å². The minimum Gasteiger partial charge on any atom is -0.463 e. The average Bonchev–Trinajstić information content (AvgIpc) is 2.10. The zero-order valence-electron chi connectivity index (χ0n) is 9.33. The van der Waals surface area contributed by atoms with Crippen molar-refractivity contribution in [1.82, 2.24) is 5.32 Å². The summed E-state index contributed by atoms with van der Waals surface area (Å²) in [5.74, 6) is -0.941. The molecule has 0 heterocycles. The third-order valence-electron chi connectivity index (χ3n) is 1.74. The number of nitrogens with one attached hydrogen (secondary N) is 1. The molecule has 1 amide bonds. The zero-order valence-corrected chi connectivity index (χ0v) is 9.33. The van der Waals surface area contributed by atoms with Crippen LogP contribution in [0.3, 0.4) is 0 Å². The van der Waals surface area contributed by atoms with E-state index in [1.807, 2.05) is 6.92 Å². The van der Waals surface area contributed by atoms with Gasteiger partial charge in [0.15, 0.2) is 0 Å². The van der Waals surface area contributed by atoms with Crippen molar-refractivity contribution < 1.29 is 19.1 Å². The molecule has 0 radical (unpaired) electrons. The summed E-state index contributed by atoms with van der Waals surface area (Å²) in [7, 11) is 0. The van der Waals surface area contributed by atoms with Gasteiger partial charge >= 0.3 is 5.97 Å². The topological polar surface area (TPSA) is 72.5 Å². The van der Waals surface area contributed by atoms with Crippen LogP contribution in [0.1, 0.15) is 33.6 Å². The van der Waals surface area contributed by atoms with Gasteiger partial charge in [0.25, 0.3) is 0 Å². The molecule has 5 heteroatoms. The summed E-state index contributed by atoms with van der Waals surface area (Å²) in [5.41, 5.74) is 0. The maximum Gasteiger partial charge on any atom is 0.313 e. The molecule has 1 N–H and O–H groups in total. The minimum atomic E-state index is -0.550. The van der Waals surface area contributed by atoms with Crippen molar-refractivity contribution in [3.8, 4) is 0 Å². The summed E-state index contributed by atoms with van der Waals surface area (Å²) < 4.78 is 4.83. The maximum atomic E-state index is 11.0. The van der Waals surface area contributed by atoms with Gasteiger partial charge in [0.05, 0.1) is 6.04 Å². The average molecular weight is 215 g/mol. The van der Waals surface area contributed by atoms with E-state index >= 15 is 0 Å². The van der Waals surface area contributed by atoms with Crippen LogP contribution in [0.4, 0.5) is 0 Å². The van der Waals surface area contributed by atoms with Crippen molar-refractivity contribution in [1.29, 1.82) is 0 Å². The van der Waals surface area contributed by atoms with Gasteiger partial charge in [-0.25, -0.2) is 0 Å². The standard InChI is InChI=1S/C10H17NO4/c1-4-9(11-8(3)13)6-15-10(14)5-7(2)12/h9H,4-6H2,1-3H3,(H,11,13). The van der Waals surface area contributed by atoms with Gasteiger partial charge in [-0.2, -0.15) is 0 Å². The number of Topliss-reactive ketones (excluding diaryl/α,β-unsaturated/α-hetero) is 1. The van der Waals surface area contributed by atoms with Crippen LogP contribution >= 0.6 is 0 Å². The predicted octanol–water partition coefficient (Wildman–Crippen LogP) is 0.423. The summed E-state index contributed by atoms with van der Waals surface area (Å²) in [5, 5.41) is 2.64. The van der Waals surface area contributed by atoms with Gasteiger partial charge in [0, 0.05) is 6.92 Å². The SMILES string of the molecule is CCC(COC(=O)CC(C)=O)NC(C)=O. The highest BCUT2D eigenvalue weighted by Crippen LogP contribution is 1.95. The normalized spacial score (nSPS) is 11.7. The lowest BCUT2D eigenvalue weighted by Crippen LogP contribution is -2.37. The smallest absolute Gasteiger partial charge is 0.313 e. The van der Waals surface area contributed by atoms with E-state index in [4.69, 9.17) is 4.74 Å². The molecule has 0 rings (SSSR count). The number of esters is 1. The molecule has 0 aromatic heterocycles. The largest absolute Gasteiger partial charge is 0.463 e. The molecule has 1 atom stereocenters. The molecule has 0 fully saturated rings. The highest BCUT2D eigenvalue weighted by molar-refractivity contribution is 5.94. The van der Waals surface area contributed by atoms with E-state index in [0.717, 1.165) is 0 Å². The first kappa shape index (κ1) is 13.6. The molecule has 0 aliphatic heterocycles. The van der Waals surface area contributed by atoms with Gasteiger partial charge in [0.2, 0.25) is 5.91 Å². The fraction of sp³-hybridized carbons (Fsp3) is 0.700. The molecule has 0 bridgehead atoms. The molecule has 0 aromatic rings. The third-order valence-corrected chi connectivity index (χ3v) is 1.74. The monoisotopic (exact) mass is 215 g/mol. The van der Waals surface area contributed by atoms with Crippen LogP contribution in [0.25, 0.3) is 0 Å². The maximum absolute atomic E-state index is 11.0. The molecule has 86 valence electrons. The number of hydrogen-bond donors (Lipinski definition) is 1. The lowest BCUT2D eigenvalue weighted by molar-refractivity contribution is -0.147. The van der Waals surface area contributed by atoms with Crippen LogP contribution in [0.15, 0.2) is 0 Å². The summed E-state index contributed by atoms with van der Waals surface area (Å²) in [6, 6.07) is -0.182. The van der Waals surface area contributed by atoms with Crippen LogP contribution in [0.2, 0.25) is 0 Å². The number of amides is 1. The Balaban J connectivity index is 3.84. The van der Waals surface area contributed by atoms with E-state index in [9.17, 15) is 14.4 Å². The van der Waals surface area contributed by atoms with Crippen molar-refractivity contribution in [3.05, 3.63) is 0 Å². The Morgan fingerprint density at radius 2 is 1.87 bits per heavy atom. The van der Waals surface area contributed by atoms with Crippen LogP contribution in [0.5, 0.6) is 0 Å². The molecule has 0 saturated carbocycles. The molecular formula is C10H17NO4. The van der Waals surface area contributed by atoms with E-state index in [-0.39, 0.29) is 30.8 Å². The van der Waals surface area contributed by atoms with E-state index in [1.165, 1.54) is 13.8 Å². The Hall–Kier alpha value is -1.39. The zero-order chi connectivity index (χ0) is 11.8. The Labute approximate surface area is 89.2 Å². The molecule has 0 aliphatic carbocycles. The number of carbonyl (C=O) groups excluding carboxylic acids is 3. The van der Waals surface area contributed by atoms with Crippen LogP contribution in [0, 0.1) is 0 Å². The molecule has 5 nitrogen and oxygen atoms in total. The fourth-order valence-corrected chi connectivity index (χ4v) is 0.997. The van der Waals surface area contributed by atoms with Crippen molar-refractivity contribution in [3.63, 3.8) is 0 Å². The summed E-state index contributed by atoms with van der Waals surface area (Å²) in [4.78, 5) is 32.3. The lowest BCUT2D eigenvalue weighted by atomic mass is 10.2. The van der Waals surface area contributed by atoms with Crippen molar-refractivity contribution in [2.45, 2.75) is 39.7 Å². The molecule has 1 unspecified atom stereocenters. The van der Waals surface area contributed by atoms with Crippen LogP contribution in [-0.4, -0.2) is 30.3 Å². The third kappa shape index (κ3) is 7.66. The Morgan fingerprint density at radius 3 is 2.27 bits per heavy atom. The number of carbonyl (C=O) groups is 3. The van der Waals surface area contributed by atoms with E-state index in [1.54, 1.807) is 0 Å². The van der Waals surface area contributed by atoms with Gasteiger partial charge in [-0.15, -0.1) is 0 Å². The number of rotatable bonds is 6. The molecule has 15 heavy (non-hydrogen) atoms. The van der Waals surface area contributed by atoms with Gasteiger partial charge in [-0.1, -0.05) is 6.92 Å². The molecule has 0 aliphatic rings. The highest BCUT2D eigenvalue weighted by Gasteiger charge is 2.12. The Bertz CT molecular complexity index is 250. The van der Waals surface area contributed by atoms with Gasteiger partial charge in [-0.3, -0.25) is 14.4 Å². The van der Waals surface area contributed by atoms with Crippen LogP contribution in [-0.2, 0) is 19.1 Å². The summed E-state index contributed by atoms with van der Waals surface area (Å²) in [6.45, 7) is 4.72. The Kier molecular flexibility index (Phi) is 6.33. The number of ketones is 1. The van der Waals surface area contributed by atoms with Crippen LogP contribution < -0.4 is 5.32 Å². The first-order chi connectivity index (χ1) is 6.95. The quantitative estimate of drug-likeness (QED) is 0.515. The minimum absolute atomic E-state index is 0.113. The molecule has 0 aromatic carbocycles. The predicted molar refractivity (Wildman–Crippen MR) is 54.2 cm³/mol. The van der Waals surface area contributed by atoms with Crippen molar-refractivity contribution >= 4 is 17.7 Å². The van der Waals surface area contributed by atoms with E-state index in [2.05, 4.69) is 5.32 Å². The number of ether oxygens (including phenoxy) is 1. The highest BCUT2D eigenvalue weighted by atomic mass is 16.5. The second-order valence-electron chi connectivity index (χ2n) is 3.37. The first-order valence-corrected chi connectivity index (χ1v) is 4.87. The van der Waals surface area contributed by atoms with E-state index < -0.39 is 5.97 Å². The lowest BCUT2D eigenvalue weighted by Gasteiger charge is -2.15. The summed E-state index contributed by atoms with van der Waals surface area (Å²) >= 11 is 0. The number of hydrogen-bond acceptors (Lipinski definition) is 4. The summed E-state index contributed by atoms with van der Waals surface area (Å²) in [6.07, 6.45) is 0.462. The Morgan fingerprint density at radius 1 is 1.27 bits per heavy atom. The van der Waals surface area contributed by atoms with Gasteiger partial charge < -0.3 is 10.1 Å². The van der Waals surface area contributed by atoms with Crippen molar-refractivity contribution in [2.75, 3.05) is 6.61 Å². The van der Waals surface area contributed by atoms with Crippen molar-refractivity contribution in [2.24, 2.45) is 0 Å². The second kappa shape index (κ2) is 6.98. The molecular weight excluding hydrogens is 198 g/mol. The second-order valence-corrected chi connectivity index (χ2v) is 3.37. The molecule has 0 saturated heterocycles. The van der Waals surface area contributed by atoms with Gasteiger partial charge in [0.1, 0.15) is 18.8 Å². The first-order valence-electron chi connectivity index (χ1n) is 4.87. The molecule has 0 spiro atoms. The van der Waals surface area contributed by atoms with E-state index in [0.29, 0.717) is 6.42 Å². The fourth-order valence-electron chi connectivity index (χ4n) is 0.997.